The molecule has 1 N–H and O–H groups in total. The molecule has 2 aromatic carbocycles. The van der Waals surface area contributed by atoms with Gasteiger partial charge in [0.15, 0.2) is 0 Å². The van der Waals surface area contributed by atoms with Crippen molar-refractivity contribution in [2.24, 2.45) is 0 Å². The molecule has 0 saturated carbocycles. The second-order valence-corrected chi connectivity index (χ2v) is 10.5. The fourth-order valence-electron chi connectivity index (χ4n) is 5.48. The quantitative estimate of drug-likeness (QED) is 0.527. The Hall–Kier alpha value is -3.49. The van der Waals surface area contributed by atoms with Crippen LogP contribution >= 0.6 is 11.6 Å². The molecule has 6 rings (SSSR count). The number of fused-ring (bicyclic) bond motifs is 2. The molecule has 0 spiro atoms. The molecule has 2 amide bonds. The van der Waals surface area contributed by atoms with E-state index in [0.29, 0.717) is 41.9 Å². The van der Waals surface area contributed by atoms with Gasteiger partial charge in [0.1, 0.15) is 6.54 Å². The van der Waals surface area contributed by atoms with E-state index in [4.69, 9.17) is 16.3 Å². The molecule has 0 radical (unpaired) electrons. The van der Waals surface area contributed by atoms with Gasteiger partial charge >= 0.3 is 0 Å². The average Bonchev–Trinajstić information content (AvgIpc) is 3.10. The lowest BCUT2D eigenvalue weighted by Gasteiger charge is -2.24. The van der Waals surface area contributed by atoms with Crippen molar-refractivity contribution in [1.82, 2.24) is 19.8 Å². The Bertz CT molecular complexity index is 1370. The van der Waals surface area contributed by atoms with Gasteiger partial charge in [-0.05, 0) is 48.4 Å². The van der Waals surface area contributed by atoms with Crippen LogP contribution in [0, 0.1) is 0 Å². The molecule has 1 fully saturated rings. The number of amides is 2. The summed E-state index contributed by atoms with van der Waals surface area (Å²) in [6, 6.07) is 14.2. The smallest absolute Gasteiger partial charge is 0.254 e. The number of carbonyl (C=O) groups excluding carboxylic acids is 2. The van der Waals surface area contributed by atoms with Gasteiger partial charge in [-0.1, -0.05) is 48.0 Å². The van der Waals surface area contributed by atoms with Gasteiger partial charge < -0.3 is 19.9 Å². The molecule has 4 heterocycles. The Labute approximate surface area is 227 Å². The molecule has 1 aromatic heterocycles. The maximum atomic E-state index is 13.3. The minimum absolute atomic E-state index is 0.0224. The Balaban J connectivity index is 1.16. The minimum atomic E-state index is -0.142. The Morgan fingerprint density at radius 2 is 1.89 bits per heavy atom. The number of rotatable bonds is 5. The predicted octanol–water partition coefficient (Wildman–Crippen LogP) is 4.32. The first-order chi connectivity index (χ1) is 18.5. The first-order valence-corrected chi connectivity index (χ1v) is 13.6. The van der Waals surface area contributed by atoms with Gasteiger partial charge in [-0.25, -0.2) is 9.97 Å². The number of benzene rings is 2. The highest BCUT2D eigenvalue weighted by Gasteiger charge is 2.31. The Kier molecular flexibility index (Phi) is 7.00. The zero-order chi connectivity index (χ0) is 26.1. The summed E-state index contributed by atoms with van der Waals surface area (Å²) in [5, 5.41) is 3.79. The van der Waals surface area contributed by atoms with Crippen molar-refractivity contribution in [3.63, 3.8) is 0 Å². The molecular weight excluding hydrogens is 502 g/mol. The molecule has 3 aliphatic heterocycles. The lowest BCUT2D eigenvalue weighted by Crippen LogP contribution is -2.40. The molecule has 1 saturated heterocycles. The molecule has 8 nitrogen and oxygen atoms in total. The van der Waals surface area contributed by atoms with Gasteiger partial charge in [0, 0.05) is 50.0 Å². The van der Waals surface area contributed by atoms with Crippen molar-refractivity contribution >= 4 is 29.4 Å². The first kappa shape index (κ1) is 24.8. The van der Waals surface area contributed by atoms with E-state index in [-0.39, 0.29) is 24.4 Å². The van der Waals surface area contributed by atoms with E-state index in [9.17, 15) is 9.59 Å². The van der Waals surface area contributed by atoms with Crippen molar-refractivity contribution in [2.75, 3.05) is 31.6 Å². The monoisotopic (exact) mass is 531 g/mol. The standard InChI is InChI=1S/C29H30ClN5O3/c30-25-15-31-29(32-23-9-12-38-13-10-23)33-27(25)20-7-8-22-17-35(28(37)24(22)14-20)18-26(36)34-11-3-6-19-4-1-2-5-21(19)16-34/h1-2,4-5,7-8,14-15,23H,3,6,9-13,16-18H2,(H,31,32,33). The molecule has 3 aliphatic rings. The molecule has 0 atom stereocenters. The summed E-state index contributed by atoms with van der Waals surface area (Å²) >= 11 is 6.48. The number of aromatic nitrogens is 2. The van der Waals surface area contributed by atoms with Crippen molar-refractivity contribution < 1.29 is 14.3 Å². The fourth-order valence-corrected chi connectivity index (χ4v) is 5.68. The van der Waals surface area contributed by atoms with Crippen LogP contribution in [-0.2, 0) is 29.0 Å². The fraction of sp³-hybridized carbons (Fsp3) is 0.379. The third-order valence-electron chi connectivity index (χ3n) is 7.59. The Morgan fingerprint density at radius 3 is 2.74 bits per heavy atom. The van der Waals surface area contributed by atoms with Crippen molar-refractivity contribution in [1.29, 1.82) is 0 Å². The van der Waals surface area contributed by atoms with E-state index in [1.54, 1.807) is 11.1 Å². The molecule has 0 bridgehead atoms. The number of nitrogens with zero attached hydrogens (tertiary/aromatic N) is 4. The second kappa shape index (κ2) is 10.7. The van der Waals surface area contributed by atoms with Gasteiger partial charge in [-0.2, -0.15) is 0 Å². The minimum Gasteiger partial charge on any atom is -0.381 e. The van der Waals surface area contributed by atoms with Crippen LogP contribution in [0.2, 0.25) is 5.02 Å². The van der Waals surface area contributed by atoms with Crippen LogP contribution in [0.3, 0.4) is 0 Å². The summed E-state index contributed by atoms with van der Waals surface area (Å²) in [4.78, 5) is 39.1. The average molecular weight is 532 g/mol. The molecule has 3 aromatic rings. The van der Waals surface area contributed by atoms with Crippen LogP contribution in [0.4, 0.5) is 5.95 Å². The predicted molar refractivity (Wildman–Crippen MR) is 145 cm³/mol. The van der Waals surface area contributed by atoms with Gasteiger partial charge in [0.2, 0.25) is 11.9 Å². The summed E-state index contributed by atoms with van der Waals surface area (Å²) in [6.07, 6.45) is 5.27. The molecule has 0 unspecified atom stereocenters. The lowest BCUT2D eigenvalue weighted by atomic mass is 10.0. The molecule has 38 heavy (non-hydrogen) atoms. The molecule has 196 valence electrons. The van der Waals surface area contributed by atoms with Crippen LogP contribution < -0.4 is 5.32 Å². The maximum absolute atomic E-state index is 13.3. The van der Waals surface area contributed by atoms with E-state index >= 15 is 0 Å². The maximum Gasteiger partial charge on any atom is 0.254 e. The van der Waals surface area contributed by atoms with Crippen LogP contribution in [0.25, 0.3) is 11.3 Å². The second-order valence-electron chi connectivity index (χ2n) is 10.1. The van der Waals surface area contributed by atoms with Gasteiger partial charge in [0.25, 0.3) is 5.91 Å². The number of ether oxygens (including phenoxy) is 1. The summed E-state index contributed by atoms with van der Waals surface area (Å²) in [6.45, 7) is 3.20. The van der Waals surface area contributed by atoms with Crippen molar-refractivity contribution in [2.45, 2.75) is 44.8 Å². The lowest BCUT2D eigenvalue weighted by molar-refractivity contribution is -0.132. The third-order valence-corrected chi connectivity index (χ3v) is 7.87. The van der Waals surface area contributed by atoms with Gasteiger partial charge in [-0.3, -0.25) is 9.59 Å². The zero-order valence-electron chi connectivity index (χ0n) is 21.2. The summed E-state index contributed by atoms with van der Waals surface area (Å²) in [5.41, 5.74) is 5.30. The SMILES string of the molecule is O=C(CN1Cc2ccc(-c3nc(NC4CCOCC4)ncc3Cl)cc2C1=O)N1CCCc2ccccc2C1. The van der Waals surface area contributed by atoms with E-state index < -0.39 is 0 Å². The normalized spacial score (nSPS) is 17.7. The van der Waals surface area contributed by atoms with E-state index in [1.807, 2.05) is 35.2 Å². The molecular formula is C29H30ClN5O3. The van der Waals surface area contributed by atoms with E-state index in [1.165, 1.54) is 11.1 Å². The van der Waals surface area contributed by atoms with E-state index in [0.717, 1.165) is 50.0 Å². The number of hydrogen-bond acceptors (Lipinski definition) is 6. The third kappa shape index (κ3) is 5.11. The summed E-state index contributed by atoms with van der Waals surface area (Å²) in [5.74, 6) is 0.344. The number of halogens is 1. The number of hydrogen-bond donors (Lipinski definition) is 1. The summed E-state index contributed by atoms with van der Waals surface area (Å²) < 4.78 is 5.43. The van der Waals surface area contributed by atoms with E-state index in [2.05, 4.69) is 27.4 Å². The highest BCUT2D eigenvalue weighted by molar-refractivity contribution is 6.33. The summed E-state index contributed by atoms with van der Waals surface area (Å²) in [7, 11) is 0. The number of anilines is 1. The van der Waals surface area contributed by atoms with Crippen molar-refractivity contribution in [3.05, 3.63) is 75.9 Å². The van der Waals surface area contributed by atoms with Crippen molar-refractivity contribution in [3.8, 4) is 11.3 Å². The van der Waals surface area contributed by atoms with Crippen LogP contribution in [-0.4, -0.2) is 63.9 Å². The zero-order valence-corrected chi connectivity index (χ0v) is 21.9. The van der Waals surface area contributed by atoms with Crippen LogP contribution in [0.1, 0.15) is 46.3 Å². The number of aryl methyl sites for hydroxylation is 1. The highest BCUT2D eigenvalue weighted by Crippen LogP contribution is 2.32. The molecule has 0 aliphatic carbocycles. The number of carbonyl (C=O) groups is 2. The first-order valence-electron chi connectivity index (χ1n) is 13.2. The van der Waals surface area contributed by atoms with Gasteiger partial charge in [-0.15, -0.1) is 0 Å². The number of nitrogens with one attached hydrogen (secondary N) is 1. The Morgan fingerprint density at radius 1 is 1.08 bits per heavy atom. The topological polar surface area (TPSA) is 87.7 Å². The largest absolute Gasteiger partial charge is 0.381 e. The van der Waals surface area contributed by atoms with Crippen LogP contribution in [0.5, 0.6) is 0 Å². The van der Waals surface area contributed by atoms with Crippen LogP contribution in [0.15, 0.2) is 48.7 Å². The highest BCUT2D eigenvalue weighted by atomic mass is 35.5. The molecule has 9 heteroatoms. The van der Waals surface area contributed by atoms with Gasteiger partial charge in [0.05, 0.1) is 16.9 Å².